The molecular formula is C23H23NO6S. The van der Waals surface area contributed by atoms with E-state index >= 15 is 0 Å². The maximum atomic E-state index is 13.6. The minimum Gasteiger partial charge on any atom is -0.493 e. The Hall–Kier alpha value is -3.52. The van der Waals surface area contributed by atoms with E-state index in [0.717, 1.165) is 9.87 Å². The summed E-state index contributed by atoms with van der Waals surface area (Å²) in [4.78, 5) is 13.6. The van der Waals surface area contributed by atoms with Crippen LogP contribution in [0.3, 0.4) is 0 Å². The number of aryl methyl sites for hydroxylation is 1. The first-order chi connectivity index (χ1) is 14.8. The first-order valence-electron chi connectivity index (χ1n) is 9.35. The Labute approximate surface area is 181 Å². The molecule has 0 bridgehead atoms. The molecule has 0 aromatic heterocycles. The van der Waals surface area contributed by atoms with Crippen LogP contribution in [-0.4, -0.2) is 35.7 Å². The lowest BCUT2D eigenvalue weighted by Crippen LogP contribution is -2.37. The molecular weight excluding hydrogens is 418 g/mol. The van der Waals surface area contributed by atoms with Gasteiger partial charge in [-0.25, -0.2) is 8.42 Å². The molecule has 1 amide bonds. The van der Waals surface area contributed by atoms with Crippen LogP contribution in [0, 0.1) is 6.92 Å². The van der Waals surface area contributed by atoms with Crippen molar-refractivity contribution < 1.29 is 27.4 Å². The summed E-state index contributed by atoms with van der Waals surface area (Å²) in [5.41, 5.74) is 1.18. The number of carbonyl (C=O) groups excluding carboxylic acids is 1. The molecule has 162 valence electrons. The number of anilines is 1. The van der Waals surface area contributed by atoms with Crippen molar-refractivity contribution in [2.24, 2.45) is 0 Å². The molecule has 0 aliphatic heterocycles. The zero-order valence-electron chi connectivity index (χ0n) is 17.7. The molecule has 0 unspecified atom stereocenters. The van der Waals surface area contributed by atoms with E-state index in [1.807, 2.05) is 6.92 Å². The van der Waals surface area contributed by atoms with Crippen molar-refractivity contribution in [1.82, 2.24) is 0 Å². The third kappa shape index (κ3) is 4.34. The summed E-state index contributed by atoms with van der Waals surface area (Å²) in [7, 11) is 0.0826. The molecule has 3 aromatic rings. The highest BCUT2D eigenvalue weighted by Crippen LogP contribution is 2.39. The van der Waals surface area contributed by atoms with E-state index < -0.39 is 15.9 Å². The van der Waals surface area contributed by atoms with Gasteiger partial charge in [-0.1, -0.05) is 35.9 Å². The van der Waals surface area contributed by atoms with Gasteiger partial charge in [0.1, 0.15) is 0 Å². The van der Waals surface area contributed by atoms with Gasteiger partial charge in [-0.05, 0) is 43.3 Å². The summed E-state index contributed by atoms with van der Waals surface area (Å²) in [5.74, 6) is 0.0251. The fraction of sp³-hybridized carbons (Fsp3) is 0.174. The van der Waals surface area contributed by atoms with Crippen LogP contribution >= 0.6 is 0 Å². The van der Waals surface area contributed by atoms with Gasteiger partial charge in [0, 0.05) is 5.56 Å². The minimum atomic E-state index is -4.20. The molecule has 0 N–H and O–H groups in total. The highest BCUT2D eigenvalue weighted by Gasteiger charge is 2.33. The first kappa shape index (κ1) is 22.2. The number of sulfonamides is 1. The van der Waals surface area contributed by atoms with Gasteiger partial charge in [-0.2, -0.15) is 4.31 Å². The van der Waals surface area contributed by atoms with Gasteiger partial charge in [0.2, 0.25) is 5.75 Å². The predicted molar refractivity (Wildman–Crippen MR) is 118 cm³/mol. The average molecular weight is 442 g/mol. The number of hydrogen-bond donors (Lipinski definition) is 0. The number of ether oxygens (including phenoxy) is 3. The third-order valence-electron chi connectivity index (χ3n) is 4.65. The highest BCUT2D eigenvalue weighted by atomic mass is 32.2. The normalized spacial score (nSPS) is 11.0. The Balaban J connectivity index is 2.20. The Bertz CT molecular complexity index is 1150. The number of amides is 1. The fourth-order valence-corrected chi connectivity index (χ4v) is 4.48. The molecule has 7 nitrogen and oxygen atoms in total. The lowest BCUT2D eigenvalue weighted by molar-refractivity contribution is 0.100. The Morgan fingerprint density at radius 3 is 1.84 bits per heavy atom. The number of methoxy groups -OCH3 is 3. The molecule has 3 rings (SSSR count). The SMILES string of the molecule is COc1cc(C(=O)N(c2ccccc2)S(=O)(=O)c2ccc(C)cc2)cc(OC)c1OC. The van der Waals surface area contributed by atoms with Gasteiger partial charge in [-0.15, -0.1) is 0 Å². The van der Waals surface area contributed by atoms with Crippen LogP contribution in [0.15, 0.2) is 71.6 Å². The second kappa shape index (κ2) is 9.09. The molecule has 0 radical (unpaired) electrons. The van der Waals surface area contributed by atoms with Gasteiger partial charge in [-0.3, -0.25) is 4.79 Å². The number of benzene rings is 3. The van der Waals surface area contributed by atoms with E-state index in [1.54, 1.807) is 42.5 Å². The molecule has 0 atom stereocenters. The van der Waals surface area contributed by atoms with Crippen LogP contribution in [-0.2, 0) is 10.0 Å². The molecule has 8 heteroatoms. The largest absolute Gasteiger partial charge is 0.493 e. The predicted octanol–water partition coefficient (Wildman–Crippen LogP) is 4.06. The lowest BCUT2D eigenvalue weighted by atomic mass is 10.1. The van der Waals surface area contributed by atoms with Crippen molar-refractivity contribution in [3.05, 3.63) is 77.9 Å². The van der Waals surface area contributed by atoms with E-state index in [-0.39, 0.29) is 27.6 Å². The summed E-state index contributed by atoms with van der Waals surface area (Å²) >= 11 is 0. The maximum absolute atomic E-state index is 13.6. The van der Waals surface area contributed by atoms with Gasteiger partial charge >= 0.3 is 0 Å². The van der Waals surface area contributed by atoms with Crippen molar-refractivity contribution in [3.8, 4) is 17.2 Å². The van der Waals surface area contributed by atoms with Crippen LogP contribution in [0.25, 0.3) is 0 Å². The van der Waals surface area contributed by atoms with E-state index in [2.05, 4.69) is 0 Å². The van der Waals surface area contributed by atoms with Crippen molar-refractivity contribution >= 4 is 21.6 Å². The minimum absolute atomic E-state index is 0.00254. The molecule has 0 aliphatic rings. The summed E-state index contributed by atoms with van der Waals surface area (Å²) in [6.07, 6.45) is 0. The van der Waals surface area contributed by atoms with E-state index in [9.17, 15) is 13.2 Å². The van der Waals surface area contributed by atoms with Crippen LogP contribution in [0.2, 0.25) is 0 Å². The van der Waals surface area contributed by atoms with Crippen LogP contribution in [0.4, 0.5) is 5.69 Å². The summed E-state index contributed by atoms with van der Waals surface area (Å²) in [6, 6.07) is 17.3. The lowest BCUT2D eigenvalue weighted by Gasteiger charge is -2.23. The van der Waals surface area contributed by atoms with Crippen LogP contribution in [0.1, 0.15) is 15.9 Å². The van der Waals surface area contributed by atoms with Crippen LogP contribution in [0.5, 0.6) is 17.2 Å². The van der Waals surface area contributed by atoms with Gasteiger partial charge in [0.25, 0.3) is 15.9 Å². The maximum Gasteiger partial charge on any atom is 0.272 e. The Morgan fingerprint density at radius 1 is 0.806 bits per heavy atom. The molecule has 0 fully saturated rings. The Kier molecular flexibility index (Phi) is 6.50. The molecule has 31 heavy (non-hydrogen) atoms. The standard InChI is InChI=1S/C23H23NO6S/c1-16-10-12-19(13-11-16)31(26,27)24(18-8-6-5-7-9-18)23(25)17-14-20(28-2)22(30-4)21(15-17)29-3/h5-15H,1-4H3. The van der Waals surface area contributed by atoms with Crippen molar-refractivity contribution in [2.45, 2.75) is 11.8 Å². The van der Waals surface area contributed by atoms with Crippen molar-refractivity contribution in [2.75, 3.05) is 25.6 Å². The second-order valence-corrected chi connectivity index (χ2v) is 8.42. The summed E-state index contributed by atoms with van der Waals surface area (Å²) in [6.45, 7) is 1.85. The summed E-state index contributed by atoms with van der Waals surface area (Å²) < 4.78 is 43.7. The molecule has 0 aliphatic carbocycles. The van der Waals surface area contributed by atoms with E-state index in [1.165, 1.54) is 45.6 Å². The zero-order chi connectivity index (χ0) is 22.6. The second-order valence-electron chi connectivity index (χ2n) is 6.64. The fourth-order valence-electron chi connectivity index (χ4n) is 3.07. The quantitative estimate of drug-likeness (QED) is 0.550. The molecule has 0 heterocycles. The number of para-hydroxylation sites is 1. The van der Waals surface area contributed by atoms with E-state index in [4.69, 9.17) is 14.2 Å². The number of carbonyl (C=O) groups is 1. The first-order valence-corrected chi connectivity index (χ1v) is 10.8. The number of nitrogens with zero attached hydrogens (tertiary/aromatic N) is 1. The molecule has 3 aromatic carbocycles. The van der Waals surface area contributed by atoms with E-state index in [0.29, 0.717) is 5.75 Å². The van der Waals surface area contributed by atoms with Gasteiger partial charge < -0.3 is 14.2 Å². The zero-order valence-corrected chi connectivity index (χ0v) is 18.5. The molecule has 0 spiro atoms. The topological polar surface area (TPSA) is 82.1 Å². The number of rotatable bonds is 7. The van der Waals surface area contributed by atoms with Gasteiger partial charge in [0.05, 0.1) is 31.9 Å². The summed E-state index contributed by atoms with van der Waals surface area (Å²) in [5, 5.41) is 0. The van der Waals surface area contributed by atoms with Gasteiger partial charge in [0.15, 0.2) is 11.5 Å². The van der Waals surface area contributed by atoms with Crippen molar-refractivity contribution in [3.63, 3.8) is 0 Å². The third-order valence-corrected chi connectivity index (χ3v) is 6.37. The number of hydrogen-bond acceptors (Lipinski definition) is 6. The van der Waals surface area contributed by atoms with Crippen molar-refractivity contribution in [1.29, 1.82) is 0 Å². The molecule has 0 saturated carbocycles. The smallest absolute Gasteiger partial charge is 0.272 e. The van der Waals surface area contributed by atoms with Crippen LogP contribution < -0.4 is 18.5 Å². The highest BCUT2D eigenvalue weighted by molar-refractivity contribution is 7.93. The monoisotopic (exact) mass is 441 g/mol. The Morgan fingerprint density at radius 2 is 1.35 bits per heavy atom. The average Bonchev–Trinajstić information content (AvgIpc) is 2.78. The molecule has 0 saturated heterocycles.